The van der Waals surface area contributed by atoms with Crippen LogP contribution in [0.5, 0.6) is 0 Å². The summed E-state index contributed by atoms with van der Waals surface area (Å²) in [6.07, 6.45) is 1.77. The molecule has 1 aromatic carbocycles. The summed E-state index contributed by atoms with van der Waals surface area (Å²) in [5.74, 6) is -0.520. The number of carbonyl (C=O) groups is 2. The first kappa shape index (κ1) is 16.5. The van der Waals surface area contributed by atoms with Crippen LogP contribution in [0, 0.1) is 11.7 Å². The molecule has 22 heavy (non-hydrogen) atoms. The van der Waals surface area contributed by atoms with Crippen molar-refractivity contribution in [2.24, 2.45) is 5.92 Å². The maximum absolute atomic E-state index is 13.6. The third-order valence-corrected chi connectivity index (χ3v) is 4.44. The molecule has 1 fully saturated rings. The molecule has 0 N–H and O–H groups in total. The van der Waals surface area contributed by atoms with E-state index in [9.17, 15) is 14.0 Å². The van der Waals surface area contributed by atoms with E-state index in [2.05, 4.69) is 0 Å². The number of aryl methyl sites for hydroxylation is 1. The predicted octanol–water partition coefficient (Wildman–Crippen LogP) is 2.08. The van der Waals surface area contributed by atoms with Crippen LogP contribution in [0.4, 0.5) is 4.39 Å². The minimum Gasteiger partial charge on any atom is -0.344 e. The summed E-state index contributed by atoms with van der Waals surface area (Å²) in [5, 5.41) is 0. The van der Waals surface area contributed by atoms with Crippen molar-refractivity contribution < 1.29 is 14.0 Å². The van der Waals surface area contributed by atoms with Crippen LogP contribution in [0.3, 0.4) is 0 Å². The van der Waals surface area contributed by atoms with Crippen molar-refractivity contribution >= 4 is 11.8 Å². The van der Waals surface area contributed by atoms with Gasteiger partial charge in [0.25, 0.3) is 0 Å². The van der Waals surface area contributed by atoms with Gasteiger partial charge >= 0.3 is 0 Å². The molecule has 120 valence electrons. The largest absolute Gasteiger partial charge is 0.344 e. The lowest BCUT2D eigenvalue weighted by Crippen LogP contribution is -2.44. The van der Waals surface area contributed by atoms with E-state index in [1.807, 2.05) is 6.92 Å². The molecule has 1 saturated heterocycles. The molecule has 1 aliphatic heterocycles. The van der Waals surface area contributed by atoms with Crippen molar-refractivity contribution in [3.63, 3.8) is 0 Å². The molecule has 1 aromatic rings. The number of hydrogen-bond donors (Lipinski definition) is 0. The van der Waals surface area contributed by atoms with Crippen LogP contribution < -0.4 is 0 Å². The van der Waals surface area contributed by atoms with Crippen LogP contribution in [-0.2, 0) is 16.0 Å². The van der Waals surface area contributed by atoms with Crippen LogP contribution in [-0.4, -0.2) is 48.3 Å². The van der Waals surface area contributed by atoms with E-state index >= 15 is 0 Å². The minimum atomic E-state index is -0.353. The normalized spacial score (nSPS) is 19.4. The maximum Gasteiger partial charge on any atom is 0.245 e. The summed E-state index contributed by atoms with van der Waals surface area (Å²) in [5.41, 5.74) is 0.626. The number of hydrogen-bond acceptors (Lipinski definition) is 2. The highest BCUT2D eigenvalue weighted by molar-refractivity contribution is 5.89. The average molecular weight is 306 g/mol. The lowest BCUT2D eigenvalue weighted by molar-refractivity contribution is -0.142. The van der Waals surface area contributed by atoms with Crippen LogP contribution >= 0.6 is 0 Å². The predicted molar refractivity (Wildman–Crippen MR) is 82.7 cm³/mol. The smallest absolute Gasteiger partial charge is 0.245 e. The van der Waals surface area contributed by atoms with Gasteiger partial charge in [0.2, 0.25) is 11.8 Å². The van der Waals surface area contributed by atoms with E-state index in [-0.39, 0.29) is 29.6 Å². The minimum absolute atomic E-state index is 0.00264. The number of likely N-dealkylation sites (N-methyl/N-ethyl adjacent to an activating group) is 2. The average Bonchev–Trinajstić information content (AvgIpc) is 2.84. The second kappa shape index (κ2) is 6.90. The van der Waals surface area contributed by atoms with Gasteiger partial charge in [-0.15, -0.1) is 0 Å². The zero-order valence-corrected chi connectivity index (χ0v) is 13.4. The first-order valence-electron chi connectivity index (χ1n) is 7.67. The number of halogens is 1. The molecule has 2 rings (SSSR count). The van der Waals surface area contributed by atoms with E-state index in [0.29, 0.717) is 31.4 Å². The molecule has 2 atom stereocenters. The van der Waals surface area contributed by atoms with Crippen LogP contribution in [0.2, 0.25) is 0 Å². The van der Waals surface area contributed by atoms with Crippen molar-refractivity contribution in [1.82, 2.24) is 9.80 Å². The van der Waals surface area contributed by atoms with Gasteiger partial charge < -0.3 is 9.80 Å². The topological polar surface area (TPSA) is 40.6 Å². The van der Waals surface area contributed by atoms with Gasteiger partial charge in [0, 0.05) is 26.6 Å². The fourth-order valence-electron chi connectivity index (χ4n) is 2.86. The summed E-state index contributed by atoms with van der Waals surface area (Å²) in [4.78, 5) is 27.6. The van der Waals surface area contributed by atoms with Crippen molar-refractivity contribution in [3.8, 4) is 0 Å². The van der Waals surface area contributed by atoms with E-state index in [1.165, 1.54) is 6.07 Å². The van der Waals surface area contributed by atoms with Crippen molar-refractivity contribution in [3.05, 3.63) is 35.6 Å². The van der Waals surface area contributed by atoms with Gasteiger partial charge in [-0.05, 0) is 30.9 Å². The molecule has 4 nitrogen and oxygen atoms in total. The van der Waals surface area contributed by atoms with E-state index in [4.69, 9.17) is 0 Å². The molecule has 0 bridgehead atoms. The van der Waals surface area contributed by atoms with Gasteiger partial charge in [0.1, 0.15) is 11.9 Å². The summed E-state index contributed by atoms with van der Waals surface area (Å²) in [7, 11) is 3.44. The number of likely N-dealkylation sites (tertiary alicyclic amines) is 1. The van der Waals surface area contributed by atoms with Gasteiger partial charge in [-0.3, -0.25) is 9.59 Å². The highest BCUT2D eigenvalue weighted by atomic mass is 19.1. The van der Waals surface area contributed by atoms with Gasteiger partial charge in [-0.1, -0.05) is 25.1 Å². The monoisotopic (exact) mass is 306 g/mol. The molecule has 2 amide bonds. The van der Waals surface area contributed by atoms with Crippen LogP contribution in [0.25, 0.3) is 0 Å². The molecule has 0 aliphatic carbocycles. The second-order valence-corrected chi connectivity index (χ2v) is 6.04. The van der Waals surface area contributed by atoms with Crippen molar-refractivity contribution in [2.45, 2.75) is 32.2 Å². The maximum atomic E-state index is 13.6. The molecule has 0 aromatic heterocycles. The summed E-state index contributed by atoms with van der Waals surface area (Å²) < 4.78 is 13.6. The van der Waals surface area contributed by atoms with Gasteiger partial charge in [0.15, 0.2) is 0 Å². The lowest BCUT2D eigenvalue weighted by Gasteiger charge is -2.26. The molecule has 0 unspecified atom stereocenters. The van der Waals surface area contributed by atoms with Gasteiger partial charge in [0.05, 0.1) is 0 Å². The lowest BCUT2D eigenvalue weighted by atomic mass is 9.99. The Bertz CT molecular complexity index is 561. The zero-order valence-electron chi connectivity index (χ0n) is 13.4. The molecular formula is C17H23FN2O2. The fourth-order valence-corrected chi connectivity index (χ4v) is 2.86. The first-order chi connectivity index (χ1) is 10.4. The SMILES string of the molecule is C[C@H](CCc1ccccc1F)C(=O)N(C)[C@@H]1CCN(C)C1=O. The van der Waals surface area contributed by atoms with Crippen LogP contribution in [0.1, 0.15) is 25.3 Å². The van der Waals surface area contributed by atoms with E-state index in [1.54, 1.807) is 42.1 Å². The summed E-state index contributed by atoms with van der Waals surface area (Å²) in [6, 6.07) is 6.27. The number of nitrogens with zero attached hydrogens (tertiary/aromatic N) is 2. The van der Waals surface area contributed by atoms with E-state index in [0.717, 1.165) is 0 Å². The molecule has 0 spiro atoms. The molecule has 0 saturated carbocycles. The molecule has 5 heteroatoms. The third-order valence-electron chi connectivity index (χ3n) is 4.44. The number of benzene rings is 1. The standard InChI is InChI=1S/C17H23FN2O2/c1-12(8-9-13-6-4-5-7-14(13)18)16(21)20(3)15-10-11-19(2)17(15)22/h4-7,12,15H,8-11H2,1-3H3/t12-,15-/m1/s1. The molecular weight excluding hydrogens is 283 g/mol. The van der Waals surface area contributed by atoms with Gasteiger partial charge in [-0.2, -0.15) is 0 Å². The quantitative estimate of drug-likeness (QED) is 0.836. The van der Waals surface area contributed by atoms with E-state index < -0.39 is 0 Å². The number of carbonyl (C=O) groups excluding carboxylic acids is 2. The Labute approximate surface area is 130 Å². The Hall–Kier alpha value is -1.91. The Morgan fingerprint density at radius 2 is 2.14 bits per heavy atom. The Morgan fingerprint density at radius 3 is 2.73 bits per heavy atom. The highest BCUT2D eigenvalue weighted by Crippen LogP contribution is 2.19. The van der Waals surface area contributed by atoms with Crippen molar-refractivity contribution in [1.29, 1.82) is 0 Å². The summed E-state index contributed by atoms with van der Waals surface area (Å²) >= 11 is 0. The molecule has 1 aliphatic rings. The first-order valence-corrected chi connectivity index (χ1v) is 7.67. The molecule has 1 heterocycles. The van der Waals surface area contributed by atoms with Crippen LogP contribution in [0.15, 0.2) is 24.3 Å². The second-order valence-electron chi connectivity index (χ2n) is 6.04. The highest BCUT2D eigenvalue weighted by Gasteiger charge is 2.35. The Balaban J connectivity index is 1.92. The number of rotatable bonds is 5. The fraction of sp³-hybridized carbons (Fsp3) is 0.529. The Kier molecular flexibility index (Phi) is 5.16. The molecule has 0 radical (unpaired) electrons. The Morgan fingerprint density at radius 1 is 1.45 bits per heavy atom. The van der Waals surface area contributed by atoms with Gasteiger partial charge in [-0.25, -0.2) is 4.39 Å². The zero-order chi connectivity index (χ0) is 16.3. The third kappa shape index (κ3) is 3.46. The van der Waals surface area contributed by atoms with Crippen molar-refractivity contribution in [2.75, 3.05) is 20.6 Å². The summed E-state index contributed by atoms with van der Waals surface area (Å²) in [6.45, 7) is 2.52. The number of amides is 2.